The summed E-state index contributed by atoms with van der Waals surface area (Å²) in [5, 5.41) is 0. The van der Waals surface area contributed by atoms with Crippen LogP contribution in [-0.2, 0) is 6.42 Å². The number of nitrogen functional groups attached to an aromatic ring is 1. The monoisotopic (exact) mass is 271 g/mol. The van der Waals surface area contributed by atoms with Crippen LogP contribution in [-0.4, -0.2) is 10.5 Å². The van der Waals surface area contributed by atoms with Gasteiger partial charge in [0.1, 0.15) is 5.56 Å². The molecule has 0 saturated carbocycles. The van der Waals surface area contributed by atoms with Gasteiger partial charge >= 0.3 is 0 Å². The number of amides is 1. The molecule has 1 aromatic carbocycles. The number of hydrazine groups is 1. The Hall–Kier alpha value is -2.40. The fourth-order valence-corrected chi connectivity index (χ4v) is 2.18. The second-order valence-corrected chi connectivity index (χ2v) is 4.52. The number of nitrogens with two attached hydrogens (primary N) is 1. The molecule has 1 aromatic heterocycles. The summed E-state index contributed by atoms with van der Waals surface area (Å²) >= 11 is 0. The summed E-state index contributed by atoms with van der Waals surface area (Å²) in [6, 6.07) is 9.31. The number of aromatic nitrogens is 1. The Morgan fingerprint density at radius 2 is 2.05 bits per heavy atom. The van der Waals surface area contributed by atoms with E-state index < -0.39 is 5.91 Å². The third-order valence-corrected chi connectivity index (χ3v) is 3.25. The topological polar surface area (TPSA) is 77.1 Å². The summed E-state index contributed by atoms with van der Waals surface area (Å²) in [5.41, 5.74) is 4.55. The van der Waals surface area contributed by atoms with Gasteiger partial charge in [0.25, 0.3) is 5.91 Å². The van der Waals surface area contributed by atoms with Crippen molar-refractivity contribution in [3.63, 3.8) is 0 Å². The van der Waals surface area contributed by atoms with Crippen molar-refractivity contribution < 1.29 is 4.79 Å². The van der Waals surface area contributed by atoms with Gasteiger partial charge in [-0.1, -0.05) is 25.1 Å². The van der Waals surface area contributed by atoms with Gasteiger partial charge in [0.15, 0.2) is 5.43 Å². The van der Waals surface area contributed by atoms with E-state index in [4.69, 9.17) is 5.84 Å². The number of pyridine rings is 1. The number of rotatable bonds is 3. The van der Waals surface area contributed by atoms with Crippen molar-refractivity contribution in [2.24, 2.45) is 5.84 Å². The van der Waals surface area contributed by atoms with Crippen LogP contribution in [0.2, 0.25) is 0 Å². The lowest BCUT2D eigenvalue weighted by Crippen LogP contribution is -2.34. The van der Waals surface area contributed by atoms with E-state index in [2.05, 4.69) is 6.92 Å². The van der Waals surface area contributed by atoms with Gasteiger partial charge in [0.05, 0.1) is 0 Å². The largest absolute Gasteiger partial charge is 0.320 e. The van der Waals surface area contributed by atoms with E-state index in [9.17, 15) is 9.59 Å². The van der Waals surface area contributed by atoms with E-state index in [1.807, 2.05) is 41.2 Å². The molecule has 0 aliphatic carbocycles. The first kappa shape index (κ1) is 14.0. The van der Waals surface area contributed by atoms with Gasteiger partial charge in [-0.25, -0.2) is 5.84 Å². The summed E-state index contributed by atoms with van der Waals surface area (Å²) in [5.74, 6) is 4.52. The molecule has 0 bridgehead atoms. The molecule has 0 spiro atoms. The minimum Gasteiger partial charge on any atom is -0.320 e. The van der Waals surface area contributed by atoms with Gasteiger partial charge in [-0.05, 0) is 25.0 Å². The van der Waals surface area contributed by atoms with Crippen molar-refractivity contribution in [2.75, 3.05) is 0 Å². The lowest BCUT2D eigenvalue weighted by Gasteiger charge is -2.15. The lowest BCUT2D eigenvalue weighted by atomic mass is 10.1. The molecule has 0 radical (unpaired) electrons. The maximum Gasteiger partial charge on any atom is 0.270 e. The van der Waals surface area contributed by atoms with Crippen LogP contribution in [0.5, 0.6) is 0 Å². The van der Waals surface area contributed by atoms with Gasteiger partial charge < -0.3 is 4.57 Å². The van der Waals surface area contributed by atoms with Crippen molar-refractivity contribution in [3.05, 3.63) is 63.6 Å². The van der Waals surface area contributed by atoms with Crippen LogP contribution in [0.1, 0.15) is 28.5 Å². The van der Waals surface area contributed by atoms with Crippen LogP contribution < -0.4 is 16.7 Å². The Morgan fingerprint density at radius 3 is 2.70 bits per heavy atom. The molecule has 1 amide bonds. The Balaban J connectivity index is 2.68. The molecule has 5 heteroatoms. The summed E-state index contributed by atoms with van der Waals surface area (Å²) in [6.45, 7) is 3.89. The first-order valence-electron chi connectivity index (χ1n) is 6.41. The SMILES string of the molecule is CCc1ccccc1-n1cc(C(=O)NN)c(=O)cc1C. The van der Waals surface area contributed by atoms with E-state index in [1.165, 1.54) is 12.3 Å². The highest BCUT2D eigenvalue weighted by atomic mass is 16.2. The maximum atomic E-state index is 11.8. The van der Waals surface area contributed by atoms with Gasteiger partial charge in [-0.3, -0.25) is 15.0 Å². The maximum absolute atomic E-state index is 11.8. The zero-order valence-electron chi connectivity index (χ0n) is 11.5. The Kier molecular flexibility index (Phi) is 4.00. The molecule has 0 aliphatic rings. The average Bonchev–Trinajstić information content (AvgIpc) is 2.46. The predicted molar refractivity (Wildman–Crippen MR) is 77.8 cm³/mol. The second kappa shape index (κ2) is 5.71. The number of nitrogens with zero attached hydrogens (tertiary/aromatic N) is 1. The van der Waals surface area contributed by atoms with E-state index >= 15 is 0 Å². The number of carbonyl (C=O) groups is 1. The molecule has 20 heavy (non-hydrogen) atoms. The Morgan fingerprint density at radius 1 is 1.35 bits per heavy atom. The number of aryl methyl sites for hydroxylation is 2. The predicted octanol–water partition coefficient (Wildman–Crippen LogP) is 1.31. The molecular weight excluding hydrogens is 254 g/mol. The first-order valence-corrected chi connectivity index (χ1v) is 6.41. The van der Waals surface area contributed by atoms with Crippen LogP contribution in [0.25, 0.3) is 5.69 Å². The van der Waals surface area contributed by atoms with Crippen molar-refractivity contribution in [1.82, 2.24) is 9.99 Å². The number of carbonyl (C=O) groups excluding carboxylic acids is 1. The highest BCUT2D eigenvalue weighted by Gasteiger charge is 2.13. The van der Waals surface area contributed by atoms with Crippen LogP contribution in [0, 0.1) is 6.92 Å². The van der Waals surface area contributed by atoms with Crippen molar-refractivity contribution in [2.45, 2.75) is 20.3 Å². The average molecular weight is 271 g/mol. The van der Waals surface area contributed by atoms with Gasteiger partial charge in [0, 0.05) is 23.6 Å². The third-order valence-electron chi connectivity index (χ3n) is 3.25. The summed E-state index contributed by atoms with van der Waals surface area (Å²) in [6.07, 6.45) is 2.40. The highest BCUT2D eigenvalue weighted by Crippen LogP contribution is 2.17. The molecule has 0 unspecified atom stereocenters. The second-order valence-electron chi connectivity index (χ2n) is 4.52. The minimum atomic E-state index is -0.585. The van der Waals surface area contributed by atoms with E-state index in [0.29, 0.717) is 0 Å². The summed E-state index contributed by atoms with van der Waals surface area (Å²) in [7, 11) is 0. The van der Waals surface area contributed by atoms with Crippen molar-refractivity contribution in [3.8, 4) is 5.69 Å². The molecule has 3 N–H and O–H groups in total. The number of hydrogen-bond donors (Lipinski definition) is 2. The Labute approximate surface area is 117 Å². The molecule has 2 rings (SSSR count). The molecule has 2 aromatic rings. The van der Waals surface area contributed by atoms with E-state index in [0.717, 1.165) is 23.4 Å². The molecule has 0 fully saturated rings. The van der Waals surface area contributed by atoms with E-state index in [-0.39, 0.29) is 11.0 Å². The fourth-order valence-electron chi connectivity index (χ4n) is 2.18. The first-order chi connectivity index (χ1) is 9.58. The third kappa shape index (κ3) is 2.48. The fraction of sp³-hybridized carbons (Fsp3) is 0.200. The van der Waals surface area contributed by atoms with Crippen LogP contribution in [0.3, 0.4) is 0 Å². The number of para-hydroxylation sites is 1. The number of hydrogen-bond acceptors (Lipinski definition) is 3. The standard InChI is InChI=1S/C15H17N3O2/c1-3-11-6-4-5-7-13(11)18-9-12(15(20)17-16)14(19)8-10(18)2/h4-9H,3,16H2,1-2H3,(H,17,20). The molecule has 104 valence electrons. The smallest absolute Gasteiger partial charge is 0.270 e. The molecule has 1 heterocycles. The van der Waals surface area contributed by atoms with Gasteiger partial charge in [-0.15, -0.1) is 0 Å². The Bertz CT molecular complexity index is 705. The van der Waals surface area contributed by atoms with Crippen LogP contribution >= 0.6 is 0 Å². The molecule has 0 aliphatic heterocycles. The zero-order valence-corrected chi connectivity index (χ0v) is 11.5. The van der Waals surface area contributed by atoms with Crippen LogP contribution in [0.4, 0.5) is 0 Å². The quantitative estimate of drug-likeness (QED) is 0.502. The molecule has 5 nitrogen and oxygen atoms in total. The molecule has 0 saturated heterocycles. The number of benzene rings is 1. The minimum absolute atomic E-state index is 0.0315. The summed E-state index contributed by atoms with van der Waals surface area (Å²) in [4.78, 5) is 23.5. The van der Waals surface area contributed by atoms with E-state index in [1.54, 1.807) is 0 Å². The van der Waals surface area contributed by atoms with Crippen LogP contribution in [0.15, 0.2) is 41.3 Å². The highest BCUT2D eigenvalue weighted by molar-refractivity contribution is 5.93. The lowest BCUT2D eigenvalue weighted by molar-refractivity contribution is 0.0952. The van der Waals surface area contributed by atoms with Crippen molar-refractivity contribution in [1.29, 1.82) is 0 Å². The zero-order chi connectivity index (χ0) is 14.7. The summed E-state index contributed by atoms with van der Waals surface area (Å²) < 4.78 is 1.84. The van der Waals surface area contributed by atoms with Crippen molar-refractivity contribution >= 4 is 5.91 Å². The molecule has 0 atom stereocenters. The van der Waals surface area contributed by atoms with Gasteiger partial charge in [-0.2, -0.15) is 0 Å². The molecular formula is C15H17N3O2. The number of nitrogens with one attached hydrogen (secondary N) is 1. The normalized spacial score (nSPS) is 10.3. The van der Waals surface area contributed by atoms with Gasteiger partial charge in [0.2, 0.25) is 0 Å².